The van der Waals surface area contributed by atoms with Gasteiger partial charge in [0.25, 0.3) is 0 Å². The average molecular weight is 511 g/mol. The Morgan fingerprint density at radius 1 is 1.32 bits per heavy atom. The number of carbonyl (C=O) groups is 2. The van der Waals surface area contributed by atoms with Gasteiger partial charge in [0.15, 0.2) is 5.96 Å². The number of amides is 2. The van der Waals surface area contributed by atoms with Crippen LogP contribution in [0.3, 0.4) is 0 Å². The summed E-state index contributed by atoms with van der Waals surface area (Å²) in [6.07, 6.45) is 1.91. The summed E-state index contributed by atoms with van der Waals surface area (Å²) in [6, 6.07) is 0.183. The zero-order valence-electron chi connectivity index (χ0n) is 18.2. The number of carbonyl (C=O) groups excluding carboxylic acids is 2. The number of nitrogens with zero attached hydrogens (tertiary/aromatic N) is 3. The van der Waals surface area contributed by atoms with E-state index in [1.165, 1.54) is 0 Å². The second-order valence-electron chi connectivity index (χ2n) is 7.88. The van der Waals surface area contributed by atoms with Gasteiger partial charge in [0.2, 0.25) is 5.91 Å². The van der Waals surface area contributed by atoms with E-state index in [1.807, 2.05) is 41.7 Å². The zero-order chi connectivity index (χ0) is 20.4. The highest BCUT2D eigenvalue weighted by atomic mass is 127. The van der Waals surface area contributed by atoms with Crippen molar-refractivity contribution >= 4 is 41.9 Å². The molecule has 8 nitrogen and oxygen atoms in total. The van der Waals surface area contributed by atoms with Crippen molar-refractivity contribution in [2.75, 3.05) is 39.8 Å². The average Bonchev–Trinajstić information content (AvgIpc) is 2.56. The highest BCUT2D eigenvalue weighted by Crippen LogP contribution is 2.11. The molecule has 1 fully saturated rings. The Labute approximate surface area is 186 Å². The van der Waals surface area contributed by atoms with E-state index >= 15 is 0 Å². The minimum absolute atomic E-state index is 0. The summed E-state index contributed by atoms with van der Waals surface area (Å²) in [5.41, 5.74) is -0.507. The smallest absolute Gasteiger partial charge is 0.410 e. The highest BCUT2D eigenvalue weighted by molar-refractivity contribution is 14.0. The van der Waals surface area contributed by atoms with Crippen LogP contribution < -0.4 is 10.6 Å². The SMILES string of the molecule is CCCN(CCN=C(NCC)NC1CCC(=O)N(C)C1)C(=O)OC(C)(C)C.I. The lowest BCUT2D eigenvalue weighted by Crippen LogP contribution is -2.51. The maximum absolute atomic E-state index is 12.3. The fourth-order valence-electron chi connectivity index (χ4n) is 2.82. The standard InChI is InChI=1S/C19H37N5O3.HI/c1-7-12-24(18(26)27-19(3,4)5)13-11-21-17(20-8-2)22-15-9-10-16(25)23(6)14-15;/h15H,7-14H2,1-6H3,(H2,20,21,22);1H. The van der Waals surface area contributed by atoms with Crippen molar-refractivity contribution < 1.29 is 14.3 Å². The van der Waals surface area contributed by atoms with E-state index in [4.69, 9.17) is 4.74 Å². The largest absolute Gasteiger partial charge is 0.444 e. The van der Waals surface area contributed by atoms with Gasteiger partial charge in [0.05, 0.1) is 6.54 Å². The second-order valence-corrected chi connectivity index (χ2v) is 7.88. The van der Waals surface area contributed by atoms with Crippen LogP contribution in [0.5, 0.6) is 0 Å². The molecule has 1 rings (SSSR count). The van der Waals surface area contributed by atoms with E-state index < -0.39 is 5.60 Å². The van der Waals surface area contributed by atoms with Crippen LogP contribution in [0.25, 0.3) is 0 Å². The van der Waals surface area contributed by atoms with Crippen LogP contribution in [0, 0.1) is 0 Å². The summed E-state index contributed by atoms with van der Waals surface area (Å²) in [7, 11) is 1.82. The Hall–Kier alpha value is -1.26. The number of halogens is 1. The van der Waals surface area contributed by atoms with E-state index in [0.29, 0.717) is 38.6 Å². The van der Waals surface area contributed by atoms with Gasteiger partial charge in [-0.25, -0.2) is 4.79 Å². The molecule has 1 unspecified atom stereocenters. The lowest BCUT2D eigenvalue weighted by atomic mass is 10.1. The maximum Gasteiger partial charge on any atom is 0.410 e. The van der Waals surface area contributed by atoms with Gasteiger partial charge in [0, 0.05) is 45.7 Å². The first-order valence-electron chi connectivity index (χ1n) is 9.93. The molecule has 0 aromatic carbocycles. The highest BCUT2D eigenvalue weighted by Gasteiger charge is 2.24. The molecule has 2 N–H and O–H groups in total. The van der Waals surface area contributed by atoms with Crippen LogP contribution in [0.1, 0.15) is 53.9 Å². The molecular weight excluding hydrogens is 473 g/mol. The molecular formula is C19H38IN5O3. The summed E-state index contributed by atoms with van der Waals surface area (Å²) in [5, 5.41) is 6.62. The third kappa shape index (κ3) is 10.3. The molecule has 164 valence electrons. The molecule has 28 heavy (non-hydrogen) atoms. The first-order valence-corrected chi connectivity index (χ1v) is 9.93. The molecule has 0 spiro atoms. The molecule has 0 aromatic rings. The van der Waals surface area contributed by atoms with Gasteiger partial charge in [-0.3, -0.25) is 9.79 Å². The van der Waals surface area contributed by atoms with E-state index in [2.05, 4.69) is 15.6 Å². The Bertz CT molecular complexity index is 522. The fraction of sp³-hybridized carbons (Fsp3) is 0.842. The molecule has 1 atom stereocenters. The molecule has 1 aliphatic rings. The molecule has 9 heteroatoms. The van der Waals surface area contributed by atoms with E-state index in [0.717, 1.165) is 19.4 Å². The van der Waals surface area contributed by atoms with Crippen LogP contribution in [0.15, 0.2) is 4.99 Å². The first kappa shape index (κ1) is 26.7. The zero-order valence-corrected chi connectivity index (χ0v) is 20.5. The Kier molecular flexibility index (Phi) is 12.5. The van der Waals surface area contributed by atoms with Crippen LogP contribution in [0.4, 0.5) is 4.79 Å². The summed E-state index contributed by atoms with van der Waals surface area (Å²) < 4.78 is 5.47. The number of likely N-dealkylation sites (N-methyl/N-ethyl adjacent to an activating group) is 1. The van der Waals surface area contributed by atoms with Crippen LogP contribution in [-0.2, 0) is 9.53 Å². The Morgan fingerprint density at radius 2 is 2.00 bits per heavy atom. The molecule has 1 aliphatic heterocycles. The molecule has 0 radical (unpaired) electrons. The van der Waals surface area contributed by atoms with Crippen molar-refractivity contribution in [1.29, 1.82) is 0 Å². The van der Waals surface area contributed by atoms with Gasteiger partial charge < -0.3 is 25.2 Å². The molecule has 0 saturated carbocycles. The molecule has 1 saturated heterocycles. The Morgan fingerprint density at radius 3 is 2.54 bits per heavy atom. The topological polar surface area (TPSA) is 86.3 Å². The van der Waals surface area contributed by atoms with Crippen LogP contribution in [-0.4, -0.2) is 79.2 Å². The van der Waals surface area contributed by atoms with Crippen molar-refractivity contribution in [2.24, 2.45) is 4.99 Å². The number of hydrogen-bond acceptors (Lipinski definition) is 4. The minimum atomic E-state index is -0.507. The number of piperidine rings is 1. The number of hydrogen-bond donors (Lipinski definition) is 2. The summed E-state index contributed by atoms with van der Waals surface area (Å²) in [6.45, 7) is 12.7. The normalized spacial score (nSPS) is 17.6. The molecule has 0 bridgehead atoms. The monoisotopic (exact) mass is 511 g/mol. The van der Waals surface area contributed by atoms with Gasteiger partial charge in [-0.15, -0.1) is 24.0 Å². The number of nitrogens with one attached hydrogen (secondary N) is 2. The van der Waals surface area contributed by atoms with Gasteiger partial charge in [0.1, 0.15) is 5.60 Å². The van der Waals surface area contributed by atoms with E-state index in [1.54, 1.807) is 9.80 Å². The number of guanidine groups is 1. The third-order valence-electron chi connectivity index (χ3n) is 4.10. The fourth-order valence-corrected chi connectivity index (χ4v) is 2.82. The van der Waals surface area contributed by atoms with Crippen LogP contribution >= 0.6 is 24.0 Å². The summed E-state index contributed by atoms with van der Waals surface area (Å²) >= 11 is 0. The second kappa shape index (κ2) is 13.1. The lowest BCUT2D eigenvalue weighted by Gasteiger charge is -2.31. The number of likely N-dealkylation sites (tertiary alicyclic amines) is 1. The van der Waals surface area contributed by atoms with Crippen LogP contribution in [0.2, 0.25) is 0 Å². The van der Waals surface area contributed by atoms with Crippen molar-refractivity contribution in [3.05, 3.63) is 0 Å². The number of aliphatic imine (C=N–C) groups is 1. The molecule has 0 aliphatic carbocycles. The number of rotatable bonds is 7. The van der Waals surface area contributed by atoms with E-state index in [9.17, 15) is 9.59 Å². The van der Waals surface area contributed by atoms with Gasteiger partial charge >= 0.3 is 6.09 Å². The summed E-state index contributed by atoms with van der Waals surface area (Å²) in [4.78, 5) is 32.0. The van der Waals surface area contributed by atoms with Gasteiger partial charge in [-0.2, -0.15) is 0 Å². The van der Waals surface area contributed by atoms with Crippen molar-refractivity contribution in [1.82, 2.24) is 20.4 Å². The summed E-state index contributed by atoms with van der Waals surface area (Å²) in [5.74, 6) is 0.897. The molecule has 2 amide bonds. The molecule has 1 heterocycles. The predicted molar refractivity (Wildman–Crippen MR) is 123 cm³/mol. The van der Waals surface area contributed by atoms with E-state index in [-0.39, 0.29) is 42.0 Å². The third-order valence-corrected chi connectivity index (χ3v) is 4.10. The Balaban J connectivity index is 0.00000729. The lowest BCUT2D eigenvalue weighted by molar-refractivity contribution is -0.132. The number of ether oxygens (including phenoxy) is 1. The van der Waals surface area contributed by atoms with Crippen molar-refractivity contribution in [3.8, 4) is 0 Å². The van der Waals surface area contributed by atoms with Gasteiger partial charge in [-0.1, -0.05) is 6.92 Å². The minimum Gasteiger partial charge on any atom is -0.444 e. The van der Waals surface area contributed by atoms with Crippen molar-refractivity contribution in [2.45, 2.75) is 65.5 Å². The van der Waals surface area contributed by atoms with Crippen molar-refractivity contribution in [3.63, 3.8) is 0 Å². The predicted octanol–water partition coefficient (Wildman–Crippen LogP) is 2.43. The quantitative estimate of drug-likeness (QED) is 0.312. The van der Waals surface area contributed by atoms with Gasteiger partial charge in [-0.05, 0) is 40.5 Å². The first-order chi connectivity index (χ1) is 12.7. The molecule has 0 aromatic heterocycles. The maximum atomic E-state index is 12.3.